The van der Waals surface area contributed by atoms with Gasteiger partial charge in [-0.3, -0.25) is 9.59 Å². The Kier molecular flexibility index (Phi) is 18.1. The normalized spacial score (nSPS) is 12.8. The summed E-state index contributed by atoms with van der Waals surface area (Å²) >= 11 is 0. The predicted molar refractivity (Wildman–Crippen MR) is 151 cm³/mol. The Morgan fingerprint density at radius 1 is 0.583 bits per heavy atom. The standard InChI is InChI=1S/C32H54O4/c1-6-11-13-15-17-19-21-27(9-4)31(33)35-29-23-26(8-3)24-30(25-29)36-32(34)28(10-5)22-20-18-16-14-12-7-2/h23-25,27-28H,6-22H2,1-5H3. The van der Waals surface area contributed by atoms with Crippen molar-refractivity contribution in [3.63, 3.8) is 0 Å². The van der Waals surface area contributed by atoms with Gasteiger partial charge in [-0.1, -0.05) is 112 Å². The molecule has 0 radical (unpaired) electrons. The van der Waals surface area contributed by atoms with Crippen LogP contribution in [0.1, 0.15) is 143 Å². The number of esters is 2. The summed E-state index contributed by atoms with van der Waals surface area (Å²) < 4.78 is 11.6. The van der Waals surface area contributed by atoms with Crippen molar-refractivity contribution in [1.29, 1.82) is 0 Å². The van der Waals surface area contributed by atoms with Crippen LogP contribution in [0.25, 0.3) is 0 Å². The van der Waals surface area contributed by atoms with Crippen molar-refractivity contribution >= 4 is 11.9 Å². The lowest BCUT2D eigenvalue weighted by atomic mass is 9.98. The first-order valence-electron chi connectivity index (χ1n) is 15.1. The highest BCUT2D eigenvalue weighted by Gasteiger charge is 2.21. The number of hydrogen-bond donors (Lipinski definition) is 0. The highest BCUT2D eigenvalue weighted by Crippen LogP contribution is 2.27. The maximum Gasteiger partial charge on any atom is 0.314 e. The SMILES string of the molecule is CCCCCCCCC(CC)C(=O)Oc1cc(CC)cc(OC(=O)C(CC)CCCCCCCC)c1. The number of carbonyl (C=O) groups excluding carboxylic acids is 2. The Morgan fingerprint density at radius 3 is 1.33 bits per heavy atom. The summed E-state index contributed by atoms with van der Waals surface area (Å²) in [4.78, 5) is 25.8. The van der Waals surface area contributed by atoms with E-state index in [9.17, 15) is 9.59 Å². The topological polar surface area (TPSA) is 52.6 Å². The van der Waals surface area contributed by atoms with Crippen molar-refractivity contribution in [2.24, 2.45) is 11.8 Å². The van der Waals surface area contributed by atoms with Gasteiger partial charge in [-0.25, -0.2) is 0 Å². The van der Waals surface area contributed by atoms with Crippen LogP contribution in [-0.4, -0.2) is 11.9 Å². The molecule has 0 spiro atoms. The second-order valence-corrected chi connectivity index (χ2v) is 10.3. The molecule has 206 valence electrons. The van der Waals surface area contributed by atoms with E-state index in [1.807, 2.05) is 32.9 Å². The molecule has 2 unspecified atom stereocenters. The van der Waals surface area contributed by atoms with E-state index in [-0.39, 0.29) is 23.8 Å². The van der Waals surface area contributed by atoms with Crippen LogP contribution < -0.4 is 9.47 Å². The zero-order chi connectivity index (χ0) is 26.6. The van der Waals surface area contributed by atoms with Crippen molar-refractivity contribution in [2.75, 3.05) is 0 Å². The van der Waals surface area contributed by atoms with Gasteiger partial charge in [-0.05, 0) is 49.8 Å². The maximum atomic E-state index is 12.9. The molecule has 0 aliphatic heterocycles. The highest BCUT2D eigenvalue weighted by atomic mass is 16.5. The summed E-state index contributed by atoms with van der Waals surface area (Å²) in [7, 11) is 0. The van der Waals surface area contributed by atoms with E-state index in [4.69, 9.17) is 9.47 Å². The first-order chi connectivity index (χ1) is 17.5. The van der Waals surface area contributed by atoms with Crippen LogP contribution in [0, 0.1) is 11.8 Å². The molecule has 1 rings (SSSR count). The van der Waals surface area contributed by atoms with Gasteiger partial charge in [0.25, 0.3) is 0 Å². The van der Waals surface area contributed by atoms with Gasteiger partial charge in [-0.2, -0.15) is 0 Å². The molecular formula is C32H54O4. The number of aryl methyl sites for hydroxylation is 1. The molecule has 0 saturated heterocycles. The third kappa shape index (κ3) is 13.5. The summed E-state index contributed by atoms with van der Waals surface area (Å²) in [6.45, 7) is 10.6. The molecule has 2 atom stereocenters. The Bertz CT molecular complexity index is 671. The van der Waals surface area contributed by atoms with Gasteiger partial charge in [0.2, 0.25) is 0 Å². The van der Waals surface area contributed by atoms with Gasteiger partial charge < -0.3 is 9.47 Å². The molecule has 4 heteroatoms. The lowest BCUT2D eigenvalue weighted by molar-refractivity contribution is -0.139. The third-order valence-electron chi connectivity index (χ3n) is 7.25. The van der Waals surface area contributed by atoms with Gasteiger partial charge in [0.1, 0.15) is 11.5 Å². The van der Waals surface area contributed by atoms with Gasteiger partial charge in [-0.15, -0.1) is 0 Å². The average molecular weight is 503 g/mol. The summed E-state index contributed by atoms with van der Waals surface area (Å²) in [5, 5.41) is 0. The van der Waals surface area contributed by atoms with Gasteiger partial charge in [0.05, 0.1) is 11.8 Å². The Labute approximate surface area is 221 Å². The number of carbonyl (C=O) groups is 2. The molecule has 0 aliphatic carbocycles. The summed E-state index contributed by atoms with van der Waals surface area (Å²) in [5.74, 6) is 0.431. The zero-order valence-corrected chi connectivity index (χ0v) is 24.0. The third-order valence-corrected chi connectivity index (χ3v) is 7.25. The minimum absolute atomic E-state index is 0.0887. The van der Waals surface area contributed by atoms with Crippen LogP contribution in [0.3, 0.4) is 0 Å². The van der Waals surface area contributed by atoms with Crippen molar-refractivity contribution in [3.05, 3.63) is 23.8 Å². The first kappa shape index (κ1) is 32.2. The minimum Gasteiger partial charge on any atom is -0.426 e. The van der Waals surface area contributed by atoms with Gasteiger partial charge in [0, 0.05) is 6.07 Å². The molecule has 4 nitrogen and oxygen atoms in total. The van der Waals surface area contributed by atoms with Crippen LogP contribution in [0.4, 0.5) is 0 Å². The lowest BCUT2D eigenvalue weighted by Gasteiger charge is -2.17. The number of unbranched alkanes of at least 4 members (excludes halogenated alkanes) is 10. The van der Waals surface area contributed by atoms with Crippen molar-refractivity contribution < 1.29 is 19.1 Å². The molecule has 1 aromatic carbocycles. The fourth-order valence-electron chi connectivity index (χ4n) is 4.67. The lowest BCUT2D eigenvalue weighted by Crippen LogP contribution is -2.21. The van der Waals surface area contributed by atoms with Crippen LogP contribution in [0.5, 0.6) is 11.5 Å². The van der Waals surface area contributed by atoms with E-state index in [1.165, 1.54) is 64.2 Å². The molecule has 0 heterocycles. The molecule has 0 amide bonds. The predicted octanol–water partition coefficient (Wildman–Crippen LogP) is 9.61. The van der Waals surface area contributed by atoms with Crippen molar-refractivity contribution in [1.82, 2.24) is 0 Å². The first-order valence-corrected chi connectivity index (χ1v) is 15.1. The molecule has 0 aromatic heterocycles. The average Bonchev–Trinajstić information content (AvgIpc) is 2.87. The quantitative estimate of drug-likeness (QED) is 0.0953. The second kappa shape index (κ2) is 20.2. The molecule has 36 heavy (non-hydrogen) atoms. The monoisotopic (exact) mass is 502 g/mol. The van der Waals surface area contributed by atoms with E-state index in [0.717, 1.165) is 50.5 Å². The van der Waals surface area contributed by atoms with Gasteiger partial charge in [0.15, 0.2) is 0 Å². The van der Waals surface area contributed by atoms with Crippen molar-refractivity contribution in [2.45, 2.75) is 144 Å². The summed E-state index contributed by atoms with van der Waals surface area (Å²) in [5.41, 5.74) is 0.996. The molecule has 0 saturated carbocycles. The number of rotatable bonds is 21. The fourth-order valence-corrected chi connectivity index (χ4v) is 4.67. The number of hydrogen-bond acceptors (Lipinski definition) is 4. The number of ether oxygens (including phenoxy) is 2. The Balaban J connectivity index is 2.67. The number of benzene rings is 1. The molecule has 0 N–H and O–H groups in total. The zero-order valence-electron chi connectivity index (χ0n) is 24.0. The molecule has 1 aromatic rings. The van der Waals surface area contributed by atoms with Crippen molar-refractivity contribution in [3.8, 4) is 11.5 Å². The summed E-state index contributed by atoms with van der Waals surface area (Å²) in [6.07, 6.45) is 18.6. The van der Waals surface area contributed by atoms with E-state index in [0.29, 0.717) is 11.5 Å². The minimum atomic E-state index is -0.175. The molecular weight excluding hydrogens is 448 g/mol. The largest absolute Gasteiger partial charge is 0.426 e. The smallest absolute Gasteiger partial charge is 0.314 e. The van der Waals surface area contributed by atoms with E-state index < -0.39 is 0 Å². The fraction of sp³-hybridized carbons (Fsp3) is 0.750. The highest BCUT2D eigenvalue weighted by molar-refractivity contribution is 5.76. The Hall–Kier alpha value is -1.84. The molecule has 0 aliphatic rings. The van der Waals surface area contributed by atoms with E-state index in [1.54, 1.807) is 6.07 Å². The van der Waals surface area contributed by atoms with Crippen LogP contribution in [-0.2, 0) is 16.0 Å². The van der Waals surface area contributed by atoms with Crippen LogP contribution in [0.15, 0.2) is 18.2 Å². The summed E-state index contributed by atoms with van der Waals surface area (Å²) in [6, 6.07) is 5.48. The molecule has 0 bridgehead atoms. The van der Waals surface area contributed by atoms with Crippen LogP contribution in [0.2, 0.25) is 0 Å². The Morgan fingerprint density at radius 2 is 0.972 bits per heavy atom. The molecule has 0 fully saturated rings. The van der Waals surface area contributed by atoms with E-state index in [2.05, 4.69) is 13.8 Å². The van der Waals surface area contributed by atoms with Crippen LogP contribution >= 0.6 is 0 Å². The second-order valence-electron chi connectivity index (χ2n) is 10.3. The van der Waals surface area contributed by atoms with E-state index >= 15 is 0 Å². The maximum absolute atomic E-state index is 12.9. The van der Waals surface area contributed by atoms with Gasteiger partial charge >= 0.3 is 11.9 Å².